The first-order valence-corrected chi connectivity index (χ1v) is 7.35. The molecule has 0 radical (unpaired) electrons. The van der Waals surface area contributed by atoms with Crippen LogP contribution in [0.2, 0.25) is 0 Å². The Hall–Kier alpha value is -2.21. The standard InChI is InChI=1S/C15H14FN3OS/c1-20-9-5-6-13-14(7-9)19-15(18-13)21-8-10-11(16)3-2-4-12(10)17/h2-7H,8,17H2,1H3,(H,18,19). The maximum absolute atomic E-state index is 13.7. The van der Waals surface area contributed by atoms with Gasteiger partial charge in [0.25, 0.3) is 0 Å². The Morgan fingerprint density at radius 1 is 1.33 bits per heavy atom. The smallest absolute Gasteiger partial charge is 0.166 e. The lowest BCUT2D eigenvalue weighted by atomic mass is 10.2. The number of aromatic amines is 1. The van der Waals surface area contributed by atoms with E-state index >= 15 is 0 Å². The molecular formula is C15H14FN3OS. The molecule has 0 aliphatic carbocycles. The number of benzene rings is 2. The highest BCUT2D eigenvalue weighted by atomic mass is 32.2. The molecule has 0 atom stereocenters. The Morgan fingerprint density at radius 2 is 2.19 bits per heavy atom. The minimum atomic E-state index is -0.291. The second kappa shape index (κ2) is 5.65. The predicted octanol–water partition coefficient (Wildman–Crippen LogP) is 3.59. The van der Waals surface area contributed by atoms with Gasteiger partial charge in [0.2, 0.25) is 0 Å². The van der Waals surface area contributed by atoms with Gasteiger partial charge in [0.15, 0.2) is 5.16 Å². The fourth-order valence-electron chi connectivity index (χ4n) is 2.03. The number of nitrogens with one attached hydrogen (secondary N) is 1. The van der Waals surface area contributed by atoms with Gasteiger partial charge in [-0.15, -0.1) is 0 Å². The predicted molar refractivity (Wildman–Crippen MR) is 83.0 cm³/mol. The monoisotopic (exact) mass is 303 g/mol. The van der Waals surface area contributed by atoms with E-state index in [1.807, 2.05) is 18.2 Å². The second-order valence-corrected chi connectivity index (χ2v) is 5.49. The molecule has 6 heteroatoms. The summed E-state index contributed by atoms with van der Waals surface area (Å²) in [7, 11) is 1.62. The number of anilines is 1. The molecular weight excluding hydrogens is 289 g/mol. The third-order valence-electron chi connectivity index (χ3n) is 3.18. The normalized spacial score (nSPS) is 11.0. The zero-order chi connectivity index (χ0) is 14.8. The molecule has 0 saturated heterocycles. The first-order chi connectivity index (χ1) is 10.2. The van der Waals surface area contributed by atoms with Gasteiger partial charge < -0.3 is 15.5 Å². The molecule has 3 N–H and O–H groups in total. The van der Waals surface area contributed by atoms with Crippen LogP contribution in [0.15, 0.2) is 41.6 Å². The Kier molecular flexibility index (Phi) is 3.70. The van der Waals surface area contributed by atoms with Crippen molar-refractivity contribution in [2.45, 2.75) is 10.9 Å². The van der Waals surface area contributed by atoms with E-state index in [4.69, 9.17) is 10.5 Å². The van der Waals surface area contributed by atoms with Crippen LogP contribution < -0.4 is 10.5 Å². The minimum Gasteiger partial charge on any atom is -0.497 e. The molecule has 1 aromatic heterocycles. The molecule has 0 bridgehead atoms. The van der Waals surface area contributed by atoms with E-state index < -0.39 is 0 Å². The molecule has 0 spiro atoms. The van der Waals surface area contributed by atoms with Gasteiger partial charge in [-0.05, 0) is 24.3 Å². The van der Waals surface area contributed by atoms with Crippen molar-refractivity contribution in [1.82, 2.24) is 9.97 Å². The van der Waals surface area contributed by atoms with Crippen molar-refractivity contribution in [1.29, 1.82) is 0 Å². The van der Waals surface area contributed by atoms with Gasteiger partial charge in [-0.25, -0.2) is 9.37 Å². The number of fused-ring (bicyclic) bond motifs is 1. The summed E-state index contributed by atoms with van der Waals surface area (Å²) in [4.78, 5) is 7.64. The number of ether oxygens (including phenoxy) is 1. The van der Waals surface area contributed by atoms with Gasteiger partial charge >= 0.3 is 0 Å². The summed E-state index contributed by atoms with van der Waals surface area (Å²) in [5.74, 6) is 0.900. The Labute approximate surface area is 125 Å². The lowest BCUT2D eigenvalue weighted by molar-refractivity contribution is 0.415. The number of hydrogen-bond donors (Lipinski definition) is 2. The van der Waals surface area contributed by atoms with Gasteiger partial charge in [0.1, 0.15) is 11.6 Å². The summed E-state index contributed by atoms with van der Waals surface area (Å²) in [5, 5.41) is 0.723. The number of imidazole rings is 1. The van der Waals surface area contributed by atoms with Crippen molar-refractivity contribution in [2.75, 3.05) is 12.8 Å². The van der Waals surface area contributed by atoms with Crippen LogP contribution in [0.4, 0.5) is 10.1 Å². The first kappa shape index (κ1) is 13.8. The van der Waals surface area contributed by atoms with Gasteiger partial charge in [-0.3, -0.25) is 0 Å². The summed E-state index contributed by atoms with van der Waals surface area (Å²) in [6.07, 6.45) is 0. The molecule has 0 aliphatic rings. The molecule has 3 rings (SSSR count). The van der Waals surface area contributed by atoms with E-state index in [2.05, 4.69) is 9.97 Å². The van der Waals surface area contributed by atoms with Gasteiger partial charge in [-0.2, -0.15) is 0 Å². The largest absolute Gasteiger partial charge is 0.497 e. The number of nitrogens with zero attached hydrogens (tertiary/aromatic N) is 1. The van der Waals surface area contributed by atoms with Crippen LogP contribution in [0, 0.1) is 5.82 Å². The highest BCUT2D eigenvalue weighted by molar-refractivity contribution is 7.98. The maximum Gasteiger partial charge on any atom is 0.166 e. The molecule has 108 valence electrons. The quantitative estimate of drug-likeness (QED) is 0.571. The van der Waals surface area contributed by atoms with Crippen LogP contribution in [0.3, 0.4) is 0 Å². The molecule has 0 fully saturated rings. The molecule has 0 saturated carbocycles. The zero-order valence-electron chi connectivity index (χ0n) is 11.4. The number of hydrogen-bond acceptors (Lipinski definition) is 4. The van der Waals surface area contributed by atoms with Crippen molar-refractivity contribution in [3.05, 3.63) is 47.8 Å². The number of nitrogen functional groups attached to an aromatic ring is 1. The van der Waals surface area contributed by atoms with E-state index in [0.29, 0.717) is 17.0 Å². The van der Waals surface area contributed by atoms with E-state index in [0.717, 1.165) is 21.9 Å². The Bertz CT molecular complexity index is 767. The number of thioether (sulfide) groups is 1. The van der Waals surface area contributed by atoms with Crippen molar-refractivity contribution in [2.24, 2.45) is 0 Å². The van der Waals surface area contributed by atoms with E-state index in [1.165, 1.54) is 17.8 Å². The van der Waals surface area contributed by atoms with Crippen LogP contribution in [0.25, 0.3) is 11.0 Å². The maximum atomic E-state index is 13.7. The Morgan fingerprint density at radius 3 is 2.95 bits per heavy atom. The van der Waals surface area contributed by atoms with E-state index in [1.54, 1.807) is 19.2 Å². The molecule has 0 aliphatic heterocycles. The van der Waals surface area contributed by atoms with Crippen LogP contribution in [0.5, 0.6) is 5.75 Å². The first-order valence-electron chi connectivity index (χ1n) is 6.37. The SMILES string of the molecule is COc1ccc2nc(SCc3c(N)cccc3F)[nH]c2c1. The van der Waals surface area contributed by atoms with E-state index in [-0.39, 0.29) is 5.82 Å². The van der Waals surface area contributed by atoms with Gasteiger partial charge in [0.05, 0.1) is 18.1 Å². The summed E-state index contributed by atoms with van der Waals surface area (Å²) in [6, 6.07) is 10.3. The number of methoxy groups -OCH3 is 1. The summed E-state index contributed by atoms with van der Waals surface area (Å²) < 4.78 is 18.9. The minimum absolute atomic E-state index is 0.291. The highest BCUT2D eigenvalue weighted by Gasteiger charge is 2.09. The summed E-state index contributed by atoms with van der Waals surface area (Å²) >= 11 is 1.41. The molecule has 1 heterocycles. The number of nitrogens with two attached hydrogens (primary N) is 1. The van der Waals surface area contributed by atoms with Crippen LogP contribution >= 0.6 is 11.8 Å². The number of aromatic nitrogens is 2. The fraction of sp³-hybridized carbons (Fsp3) is 0.133. The molecule has 0 amide bonds. The second-order valence-electron chi connectivity index (χ2n) is 4.52. The van der Waals surface area contributed by atoms with Crippen LogP contribution in [-0.2, 0) is 5.75 Å². The van der Waals surface area contributed by atoms with E-state index in [9.17, 15) is 4.39 Å². The highest BCUT2D eigenvalue weighted by Crippen LogP contribution is 2.28. The number of rotatable bonds is 4. The topological polar surface area (TPSA) is 63.9 Å². The number of H-pyrrole nitrogens is 1. The molecule has 2 aromatic carbocycles. The third kappa shape index (κ3) is 2.80. The molecule has 4 nitrogen and oxygen atoms in total. The lowest BCUT2D eigenvalue weighted by Crippen LogP contribution is -1.96. The van der Waals surface area contributed by atoms with Crippen molar-refractivity contribution < 1.29 is 9.13 Å². The Balaban J connectivity index is 1.82. The average molecular weight is 303 g/mol. The van der Waals surface area contributed by atoms with Crippen LogP contribution in [0.1, 0.15) is 5.56 Å². The lowest BCUT2D eigenvalue weighted by Gasteiger charge is -2.04. The van der Waals surface area contributed by atoms with Crippen molar-refractivity contribution in [3.8, 4) is 5.75 Å². The van der Waals surface area contributed by atoms with Crippen molar-refractivity contribution >= 4 is 28.5 Å². The average Bonchev–Trinajstić information content (AvgIpc) is 2.88. The van der Waals surface area contributed by atoms with Gasteiger partial charge in [-0.1, -0.05) is 17.8 Å². The molecule has 21 heavy (non-hydrogen) atoms. The molecule has 3 aromatic rings. The summed E-state index contributed by atoms with van der Waals surface area (Å²) in [6.45, 7) is 0. The third-order valence-corrected chi connectivity index (χ3v) is 4.08. The summed E-state index contributed by atoms with van der Waals surface area (Å²) in [5.41, 5.74) is 8.49. The zero-order valence-corrected chi connectivity index (χ0v) is 12.2. The van der Waals surface area contributed by atoms with Gasteiger partial charge in [0, 0.05) is 23.1 Å². The van der Waals surface area contributed by atoms with Crippen LogP contribution in [-0.4, -0.2) is 17.1 Å². The van der Waals surface area contributed by atoms with Crippen molar-refractivity contribution in [3.63, 3.8) is 0 Å². The molecule has 0 unspecified atom stereocenters. The fourth-order valence-corrected chi connectivity index (χ4v) is 2.96. The number of halogens is 1.